The summed E-state index contributed by atoms with van der Waals surface area (Å²) in [6.45, 7) is 5.73. The van der Waals surface area contributed by atoms with E-state index in [1.165, 1.54) is 24.7 Å². The van der Waals surface area contributed by atoms with Crippen molar-refractivity contribution < 1.29 is 0 Å². The summed E-state index contributed by atoms with van der Waals surface area (Å²) in [4.78, 5) is 6.85. The molecule has 0 radical (unpaired) electrons. The second kappa shape index (κ2) is 4.53. The number of nitrogens with one attached hydrogen (secondary N) is 1. The van der Waals surface area contributed by atoms with Crippen molar-refractivity contribution in [3.8, 4) is 0 Å². The van der Waals surface area contributed by atoms with E-state index in [2.05, 4.69) is 29.2 Å². The maximum absolute atomic E-state index is 4.44. The molecule has 0 amide bonds. The molecule has 0 aromatic carbocycles. The van der Waals surface area contributed by atoms with Crippen molar-refractivity contribution in [2.45, 2.75) is 19.4 Å². The molecule has 4 heteroatoms. The largest absolute Gasteiger partial charge is 0.362 e. The number of hydrogen-bond acceptors (Lipinski definition) is 4. The lowest BCUT2D eigenvalue weighted by Crippen LogP contribution is -2.48. The molecule has 80 valence electrons. The zero-order valence-corrected chi connectivity index (χ0v) is 9.81. The monoisotopic (exact) mass is 213 g/mol. The molecule has 14 heavy (non-hydrogen) atoms. The highest BCUT2D eigenvalue weighted by Gasteiger charge is 2.25. The third-order valence-electron chi connectivity index (χ3n) is 3.00. The first-order valence-corrected chi connectivity index (χ1v) is 6.36. The highest BCUT2D eigenvalue weighted by molar-refractivity contribution is 8.14. The highest BCUT2D eigenvalue weighted by Crippen LogP contribution is 2.18. The zero-order chi connectivity index (χ0) is 9.97. The summed E-state index contributed by atoms with van der Waals surface area (Å²) in [6, 6.07) is 0.635. The summed E-state index contributed by atoms with van der Waals surface area (Å²) >= 11 is 1.86. The van der Waals surface area contributed by atoms with Gasteiger partial charge in [0.2, 0.25) is 0 Å². The molecule has 1 fully saturated rings. The molecule has 0 aromatic heterocycles. The van der Waals surface area contributed by atoms with Crippen LogP contribution in [-0.4, -0.2) is 48.5 Å². The van der Waals surface area contributed by atoms with Gasteiger partial charge in [0.05, 0.1) is 6.54 Å². The maximum Gasteiger partial charge on any atom is 0.156 e. The SMILES string of the molecule is CC1CN(C)CCC1NC1=NCCS1. The number of amidine groups is 1. The molecule has 2 unspecified atom stereocenters. The minimum absolute atomic E-state index is 0.635. The van der Waals surface area contributed by atoms with Crippen LogP contribution in [0.5, 0.6) is 0 Å². The third kappa shape index (κ3) is 2.42. The second-order valence-electron chi connectivity index (χ2n) is 4.31. The minimum Gasteiger partial charge on any atom is -0.362 e. The van der Waals surface area contributed by atoms with Crippen LogP contribution >= 0.6 is 11.8 Å². The Balaban J connectivity index is 1.85. The summed E-state index contributed by atoms with van der Waals surface area (Å²) in [5.74, 6) is 1.89. The number of piperidine rings is 1. The molecule has 3 nitrogen and oxygen atoms in total. The van der Waals surface area contributed by atoms with E-state index >= 15 is 0 Å². The van der Waals surface area contributed by atoms with Gasteiger partial charge in [-0.05, 0) is 25.9 Å². The molecule has 1 saturated heterocycles. The van der Waals surface area contributed by atoms with E-state index in [1.807, 2.05) is 11.8 Å². The minimum atomic E-state index is 0.635. The lowest BCUT2D eigenvalue weighted by atomic mass is 9.94. The van der Waals surface area contributed by atoms with E-state index in [9.17, 15) is 0 Å². The lowest BCUT2D eigenvalue weighted by molar-refractivity contribution is 0.187. The molecule has 0 aromatic rings. The predicted octanol–water partition coefficient (Wildman–Crippen LogP) is 1.02. The average Bonchev–Trinajstić information content (AvgIpc) is 2.62. The first kappa shape index (κ1) is 10.3. The van der Waals surface area contributed by atoms with E-state index in [4.69, 9.17) is 0 Å². The predicted molar refractivity (Wildman–Crippen MR) is 63.0 cm³/mol. The fourth-order valence-corrected chi connectivity index (χ4v) is 2.94. The van der Waals surface area contributed by atoms with Gasteiger partial charge in [-0.2, -0.15) is 0 Å². The Hall–Kier alpha value is -0.220. The number of likely N-dealkylation sites (tertiary alicyclic amines) is 1. The van der Waals surface area contributed by atoms with Crippen molar-refractivity contribution in [2.75, 3.05) is 32.4 Å². The molecule has 2 rings (SSSR count). The van der Waals surface area contributed by atoms with Crippen molar-refractivity contribution >= 4 is 16.9 Å². The Morgan fingerprint density at radius 1 is 1.57 bits per heavy atom. The van der Waals surface area contributed by atoms with Crippen LogP contribution in [0.25, 0.3) is 0 Å². The van der Waals surface area contributed by atoms with Crippen molar-refractivity contribution in [1.82, 2.24) is 10.2 Å². The Morgan fingerprint density at radius 3 is 3.07 bits per heavy atom. The van der Waals surface area contributed by atoms with Crippen molar-refractivity contribution in [1.29, 1.82) is 0 Å². The lowest BCUT2D eigenvalue weighted by Gasteiger charge is -2.35. The van der Waals surface area contributed by atoms with Gasteiger partial charge < -0.3 is 10.2 Å². The molecular weight excluding hydrogens is 194 g/mol. The third-order valence-corrected chi connectivity index (χ3v) is 3.91. The van der Waals surface area contributed by atoms with Gasteiger partial charge in [-0.3, -0.25) is 4.99 Å². The van der Waals surface area contributed by atoms with E-state index in [0.717, 1.165) is 18.2 Å². The molecule has 0 aliphatic carbocycles. The molecule has 2 aliphatic heterocycles. The van der Waals surface area contributed by atoms with Gasteiger partial charge in [-0.15, -0.1) is 0 Å². The fraction of sp³-hybridized carbons (Fsp3) is 0.900. The van der Waals surface area contributed by atoms with E-state index in [1.54, 1.807) is 0 Å². The van der Waals surface area contributed by atoms with E-state index < -0.39 is 0 Å². The van der Waals surface area contributed by atoms with Gasteiger partial charge in [0, 0.05) is 18.3 Å². The van der Waals surface area contributed by atoms with Crippen LogP contribution in [0, 0.1) is 5.92 Å². The summed E-state index contributed by atoms with van der Waals surface area (Å²) in [5.41, 5.74) is 0. The van der Waals surface area contributed by atoms with Crippen LogP contribution in [0.2, 0.25) is 0 Å². The molecule has 2 aliphatic rings. The van der Waals surface area contributed by atoms with Crippen LogP contribution in [0.1, 0.15) is 13.3 Å². The number of hydrogen-bond donors (Lipinski definition) is 1. The fourth-order valence-electron chi connectivity index (χ4n) is 2.15. The number of thioether (sulfide) groups is 1. The smallest absolute Gasteiger partial charge is 0.156 e. The maximum atomic E-state index is 4.44. The van der Waals surface area contributed by atoms with Crippen LogP contribution in [-0.2, 0) is 0 Å². The van der Waals surface area contributed by atoms with Crippen molar-refractivity contribution in [2.24, 2.45) is 10.9 Å². The first-order valence-electron chi connectivity index (χ1n) is 5.38. The molecular formula is C10H19N3S. The highest BCUT2D eigenvalue weighted by atomic mass is 32.2. The van der Waals surface area contributed by atoms with Crippen LogP contribution in [0.15, 0.2) is 4.99 Å². The Kier molecular flexibility index (Phi) is 3.34. The molecule has 2 heterocycles. The van der Waals surface area contributed by atoms with Crippen molar-refractivity contribution in [3.63, 3.8) is 0 Å². The van der Waals surface area contributed by atoms with Gasteiger partial charge in [0.15, 0.2) is 5.17 Å². The quantitative estimate of drug-likeness (QED) is 0.705. The van der Waals surface area contributed by atoms with Crippen LogP contribution in [0.4, 0.5) is 0 Å². The van der Waals surface area contributed by atoms with Crippen molar-refractivity contribution in [3.05, 3.63) is 0 Å². The Bertz CT molecular complexity index is 229. The normalized spacial score (nSPS) is 34.3. The summed E-state index contributed by atoms with van der Waals surface area (Å²) in [6.07, 6.45) is 1.25. The topological polar surface area (TPSA) is 27.6 Å². The second-order valence-corrected chi connectivity index (χ2v) is 5.40. The van der Waals surface area contributed by atoms with Gasteiger partial charge in [-0.25, -0.2) is 0 Å². The average molecular weight is 213 g/mol. The number of aliphatic imine (C=N–C) groups is 1. The van der Waals surface area contributed by atoms with Gasteiger partial charge >= 0.3 is 0 Å². The van der Waals surface area contributed by atoms with E-state index in [-0.39, 0.29) is 0 Å². The Labute approximate surface area is 90.3 Å². The van der Waals surface area contributed by atoms with Gasteiger partial charge in [0.1, 0.15) is 0 Å². The summed E-state index contributed by atoms with van der Waals surface area (Å²) in [7, 11) is 2.20. The van der Waals surface area contributed by atoms with Crippen LogP contribution < -0.4 is 5.32 Å². The molecule has 0 spiro atoms. The Morgan fingerprint density at radius 2 is 2.43 bits per heavy atom. The zero-order valence-electron chi connectivity index (χ0n) is 8.99. The van der Waals surface area contributed by atoms with E-state index in [0.29, 0.717) is 6.04 Å². The molecule has 2 atom stereocenters. The summed E-state index contributed by atoms with van der Waals surface area (Å²) < 4.78 is 0. The summed E-state index contributed by atoms with van der Waals surface area (Å²) in [5, 5.41) is 4.75. The van der Waals surface area contributed by atoms with Gasteiger partial charge in [0.25, 0.3) is 0 Å². The van der Waals surface area contributed by atoms with Crippen LogP contribution in [0.3, 0.4) is 0 Å². The molecule has 1 N–H and O–H groups in total. The van der Waals surface area contributed by atoms with Gasteiger partial charge in [-0.1, -0.05) is 18.7 Å². The number of rotatable bonds is 1. The number of nitrogens with zero attached hydrogens (tertiary/aromatic N) is 2. The molecule has 0 bridgehead atoms. The standard InChI is InChI=1S/C10H19N3S/c1-8-7-13(2)5-3-9(8)12-10-11-4-6-14-10/h8-9H,3-7H2,1-2H3,(H,11,12). The first-order chi connectivity index (χ1) is 6.75. The molecule has 0 saturated carbocycles.